The van der Waals surface area contributed by atoms with E-state index in [9.17, 15) is 9.18 Å². The van der Waals surface area contributed by atoms with E-state index in [-0.39, 0.29) is 24.6 Å². The Kier molecular flexibility index (Phi) is 6.54. The first-order valence-electron chi connectivity index (χ1n) is 9.07. The van der Waals surface area contributed by atoms with Gasteiger partial charge in [-0.3, -0.25) is 4.79 Å². The molecule has 1 heterocycles. The number of nitriles is 1. The first-order chi connectivity index (χ1) is 14.5. The van der Waals surface area contributed by atoms with E-state index < -0.39 is 5.82 Å². The van der Waals surface area contributed by atoms with Crippen LogP contribution in [0.3, 0.4) is 0 Å². The van der Waals surface area contributed by atoms with Crippen molar-refractivity contribution in [3.05, 3.63) is 53.6 Å². The average Bonchev–Trinajstić information content (AvgIpc) is 3.18. The molecule has 0 spiro atoms. The van der Waals surface area contributed by atoms with Crippen molar-refractivity contribution in [2.75, 3.05) is 19.0 Å². The molecule has 0 aliphatic rings. The molecule has 0 fully saturated rings. The third kappa shape index (κ3) is 4.88. The van der Waals surface area contributed by atoms with Crippen LogP contribution in [0, 0.1) is 24.1 Å². The summed E-state index contributed by atoms with van der Waals surface area (Å²) in [5.74, 6) is 0.629. The van der Waals surface area contributed by atoms with E-state index in [1.54, 1.807) is 25.1 Å². The molecule has 3 aromatic rings. The van der Waals surface area contributed by atoms with Gasteiger partial charge in [-0.05, 0) is 54.1 Å². The number of nitrogens with one attached hydrogen (secondary N) is 1. The van der Waals surface area contributed by atoms with E-state index in [2.05, 4.69) is 20.8 Å². The van der Waals surface area contributed by atoms with Gasteiger partial charge in [-0.25, -0.2) is 4.39 Å². The number of benzene rings is 2. The minimum atomic E-state index is -0.506. The van der Waals surface area contributed by atoms with Crippen LogP contribution in [0.2, 0.25) is 0 Å². The van der Waals surface area contributed by atoms with E-state index in [1.165, 1.54) is 30.0 Å². The number of nitrogens with zero attached hydrogens (tertiary/aromatic N) is 5. The summed E-state index contributed by atoms with van der Waals surface area (Å²) < 4.78 is 26.2. The number of carbonyl (C=O) groups excluding carboxylic acids is 1. The summed E-state index contributed by atoms with van der Waals surface area (Å²) in [6.07, 6.45) is 0.657. The molecule has 0 aliphatic carbocycles. The molecular weight excluding hydrogens is 391 g/mol. The van der Waals surface area contributed by atoms with Gasteiger partial charge in [-0.2, -0.15) is 9.94 Å². The summed E-state index contributed by atoms with van der Waals surface area (Å²) in [5, 5.41) is 22.6. The van der Waals surface area contributed by atoms with Gasteiger partial charge in [0.15, 0.2) is 17.3 Å². The monoisotopic (exact) mass is 410 g/mol. The number of aryl methyl sites for hydroxylation is 1. The fraction of sp³-hybridized carbons (Fsp3) is 0.250. The number of carbonyl (C=O) groups is 1. The lowest BCUT2D eigenvalue weighted by Crippen LogP contribution is -2.13. The molecule has 10 heteroatoms. The molecule has 0 saturated carbocycles. The van der Waals surface area contributed by atoms with Crippen LogP contribution < -0.4 is 14.8 Å². The minimum Gasteiger partial charge on any atom is -0.493 e. The second-order valence-electron chi connectivity index (χ2n) is 6.28. The summed E-state index contributed by atoms with van der Waals surface area (Å²) >= 11 is 0. The minimum absolute atomic E-state index is 0.145. The number of rotatable bonds is 8. The van der Waals surface area contributed by atoms with Gasteiger partial charge in [0.2, 0.25) is 5.91 Å². The Morgan fingerprint density at radius 1 is 1.27 bits per heavy atom. The maximum atomic E-state index is 14.1. The lowest BCUT2D eigenvalue weighted by Gasteiger charge is -2.11. The zero-order valence-electron chi connectivity index (χ0n) is 16.4. The highest BCUT2D eigenvalue weighted by molar-refractivity contribution is 5.90. The quantitative estimate of drug-likeness (QED) is 0.568. The number of hydrogen-bond donors (Lipinski definition) is 1. The third-order valence-corrected chi connectivity index (χ3v) is 4.18. The number of hydrogen-bond acceptors (Lipinski definition) is 7. The van der Waals surface area contributed by atoms with Crippen LogP contribution >= 0.6 is 0 Å². The molecule has 30 heavy (non-hydrogen) atoms. The van der Waals surface area contributed by atoms with Gasteiger partial charge in [-0.15, -0.1) is 5.10 Å². The molecule has 3 rings (SSSR count). The Morgan fingerprint density at radius 2 is 2.10 bits per heavy atom. The van der Waals surface area contributed by atoms with Gasteiger partial charge in [0.25, 0.3) is 0 Å². The molecule has 2 aromatic carbocycles. The van der Waals surface area contributed by atoms with Gasteiger partial charge in [0.05, 0.1) is 25.3 Å². The van der Waals surface area contributed by atoms with E-state index in [0.29, 0.717) is 35.0 Å². The fourth-order valence-electron chi connectivity index (χ4n) is 2.70. The van der Waals surface area contributed by atoms with E-state index in [1.807, 2.05) is 6.07 Å². The molecule has 0 bridgehead atoms. The Bertz CT molecular complexity index is 1090. The molecule has 1 aromatic heterocycles. The van der Waals surface area contributed by atoms with Crippen LogP contribution in [0.1, 0.15) is 24.2 Å². The van der Waals surface area contributed by atoms with Crippen LogP contribution in [0.25, 0.3) is 5.69 Å². The van der Waals surface area contributed by atoms with Crippen LogP contribution in [-0.4, -0.2) is 39.8 Å². The molecule has 0 atom stereocenters. The van der Waals surface area contributed by atoms with Crippen molar-refractivity contribution in [1.29, 1.82) is 5.26 Å². The average molecular weight is 410 g/mol. The third-order valence-electron chi connectivity index (χ3n) is 4.18. The predicted molar refractivity (Wildman–Crippen MR) is 105 cm³/mol. The molecule has 9 nitrogen and oxygen atoms in total. The van der Waals surface area contributed by atoms with Crippen molar-refractivity contribution in [3.63, 3.8) is 0 Å². The molecule has 1 amide bonds. The second-order valence-corrected chi connectivity index (χ2v) is 6.28. The molecular formula is C20H19FN6O3. The maximum absolute atomic E-state index is 14.1. The lowest BCUT2D eigenvalue weighted by molar-refractivity contribution is -0.116. The highest BCUT2D eigenvalue weighted by atomic mass is 19.1. The molecule has 0 saturated heterocycles. The van der Waals surface area contributed by atoms with Crippen molar-refractivity contribution in [1.82, 2.24) is 20.2 Å². The number of anilines is 1. The second kappa shape index (κ2) is 9.47. The molecule has 0 unspecified atom stereocenters. The van der Waals surface area contributed by atoms with Crippen molar-refractivity contribution >= 4 is 11.6 Å². The van der Waals surface area contributed by atoms with Crippen molar-refractivity contribution in [2.45, 2.75) is 19.8 Å². The van der Waals surface area contributed by atoms with Crippen molar-refractivity contribution < 1.29 is 18.7 Å². The first kappa shape index (κ1) is 20.7. The molecule has 154 valence electrons. The van der Waals surface area contributed by atoms with E-state index in [0.717, 1.165) is 0 Å². The normalized spacial score (nSPS) is 10.3. The summed E-state index contributed by atoms with van der Waals surface area (Å²) in [7, 11) is 1.49. The Labute approximate surface area is 172 Å². The highest BCUT2D eigenvalue weighted by Crippen LogP contribution is 2.28. The number of amides is 1. The summed E-state index contributed by atoms with van der Waals surface area (Å²) in [5.41, 5.74) is 1.04. The first-order valence-corrected chi connectivity index (χ1v) is 9.07. The number of ether oxygens (including phenoxy) is 2. The van der Waals surface area contributed by atoms with Crippen LogP contribution in [0.15, 0.2) is 36.4 Å². The van der Waals surface area contributed by atoms with Gasteiger partial charge < -0.3 is 14.8 Å². The Balaban J connectivity index is 1.53. The smallest absolute Gasteiger partial charge is 0.224 e. The SMILES string of the molecule is COc1cc(C#N)ccc1OCCCC(=O)Nc1ccc(F)c(-n2nnnc2C)c1. The van der Waals surface area contributed by atoms with Gasteiger partial charge in [0.1, 0.15) is 11.5 Å². The zero-order chi connectivity index (χ0) is 21.5. The Morgan fingerprint density at radius 3 is 2.80 bits per heavy atom. The van der Waals surface area contributed by atoms with Crippen LogP contribution in [-0.2, 0) is 4.79 Å². The summed E-state index contributed by atoms with van der Waals surface area (Å²) in [6, 6.07) is 11.1. The Hall–Kier alpha value is -4.00. The van der Waals surface area contributed by atoms with E-state index >= 15 is 0 Å². The summed E-state index contributed by atoms with van der Waals surface area (Å²) in [4.78, 5) is 12.2. The summed E-state index contributed by atoms with van der Waals surface area (Å²) in [6.45, 7) is 1.93. The largest absolute Gasteiger partial charge is 0.493 e. The maximum Gasteiger partial charge on any atom is 0.224 e. The van der Waals surface area contributed by atoms with E-state index in [4.69, 9.17) is 14.7 Å². The predicted octanol–water partition coefficient (Wildman–Crippen LogP) is 2.79. The topological polar surface area (TPSA) is 115 Å². The zero-order valence-corrected chi connectivity index (χ0v) is 16.4. The lowest BCUT2D eigenvalue weighted by atomic mass is 10.2. The number of tetrazole rings is 1. The van der Waals surface area contributed by atoms with Gasteiger partial charge in [-0.1, -0.05) is 0 Å². The highest BCUT2D eigenvalue weighted by Gasteiger charge is 2.12. The standard InChI is InChI=1S/C20H19FN6O3/c1-13-24-25-26-27(13)17-11-15(6-7-16(17)21)23-20(28)4-3-9-30-18-8-5-14(12-22)10-19(18)29-2/h5-8,10-11H,3-4,9H2,1-2H3,(H,23,28). The van der Waals surface area contributed by atoms with Gasteiger partial charge in [0, 0.05) is 18.2 Å². The number of methoxy groups -OCH3 is 1. The van der Waals surface area contributed by atoms with Crippen LogP contribution in [0.4, 0.5) is 10.1 Å². The number of halogens is 1. The fourth-order valence-corrected chi connectivity index (χ4v) is 2.70. The van der Waals surface area contributed by atoms with Gasteiger partial charge >= 0.3 is 0 Å². The molecule has 0 aliphatic heterocycles. The molecule has 1 N–H and O–H groups in total. The van der Waals surface area contributed by atoms with Crippen molar-refractivity contribution in [3.8, 4) is 23.3 Å². The van der Waals surface area contributed by atoms with Crippen LogP contribution in [0.5, 0.6) is 11.5 Å². The van der Waals surface area contributed by atoms with Crippen molar-refractivity contribution in [2.24, 2.45) is 0 Å². The molecule has 0 radical (unpaired) electrons. The number of aromatic nitrogens is 4.